The largest absolute Gasteiger partial charge is 0.467 e. The van der Waals surface area contributed by atoms with E-state index >= 15 is 0 Å². The van der Waals surface area contributed by atoms with Gasteiger partial charge >= 0.3 is 5.97 Å². The molecule has 0 aromatic carbocycles. The number of ether oxygens (including phenoxy) is 3. The van der Waals surface area contributed by atoms with Crippen molar-refractivity contribution in [3.63, 3.8) is 0 Å². The van der Waals surface area contributed by atoms with Gasteiger partial charge in [0.25, 0.3) is 0 Å². The van der Waals surface area contributed by atoms with Crippen LogP contribution in [-0.2, 0) is 19.0 Å². The Bertz CT molecular complexity index is 240. The first-order valence-corrected chi connectivity index (χ1v) is 5.08. The van der Waals surface area contributed by atoms with Crippen LogP contribution in [0, 0.1) is 5.92 Å². The summed E-state index contributed by atoms with van der Waals surface area (Å²) >= 11 is 0. The van der Waals surface area contributed by atoms with Gasteiger partial charge in [0.15, 0.2) is 6.10 Å². The smallest absolute Gasteiger partial charge is 0.338 e. The molecule has 4 heteroatoms. The molecule has 1 spiro atoms. The van der Waals surface area contributed by atoms with Crippen LogP contribution in [-0.4, -0.2) is 38.0 Å². The molecule has 80 valence electrons. The van der Waals surface area contributed by atoms with E-state index < -0.39 is 0 Å². The van der Waals surface area contributed by atoms with Crippen LogP contribution >= 0.6 is 0 Å². The summed E-state index contributed by atoms with van der Waals surface area (Å²) < 4.78 is 15.5. The van der Waals surface area contributed by atoms with Gasteiger partial charge in [-0.25, -0.2) is 4.79 Å². The molecule has 14 heavy (non-hydrogen) atoms. The number of methoxy groups -OCH3 is 1. The Morgan fingerprint density at radius 2 is 2.43 bits per heavy atom. The molecule has 2 aliphatic heterocycles. The van der Waals surface area contributed by atoms with Crippen molar-refractivity contribution in [1.82, 2.24) is 0 Å². The maximum Gasteiger partial charge on any atom is 0.338 e. The zero-order chi connectivity index (χ0) is 10.2. The highest BCUT2D eigenvalue weighted by atomic mass is 16.7. The van der Waals surface area contributed by atoms with Crippen LogP contribution in [0.25, 0.3) is 0 Å². The van der Waals surface area contributed by atoms with Crippen LogP contribution in [0.2, 0.25) is 0 Å². The van der Waals surface area contributed by atoms with Crippen molar-refractivity contribution < 1.29 is 19.0 Å². The van der Waals surface area contributed by atoms with Crippen LogP contribution in [0.4, 0.5) is 0 Å². The Morgan fingerprint density at radius 3 is 3.07 bits per heavy atom. The molecular weight excluding hydrogens is 184 g/mol. The van der Waals surface area contributed by atoms with Crippen molar-refractivity contribution in [2.24, 2.45) is 5.92 Å². The Balaban J connectivity index is 2.00. The summed E-state index contributed by atoms with van der Waals surface area (Å²) in [6, 6.07) is 0. The quantitative estimate of drug-likeness (QED) is 0.498. The topological polar surface area (TPSA) is 48.1 Å². The molecule has 2 rings (SSSR count). The molecule has 0 aromatic rings. The van der Waals surface area contributed by atoms with Gasteiger partial charge in [0.1, 0.15) is 5.60 Å². The van der Waals surface area contributed by atoms with E-state index in [1.54, 1.807) is 0 Å². The summed E-state index contributed by atoms with van der Waals surface area (Å²) in [5, 5.41) is 0. The molecule has 0 aliphatic carbocycles. The Kier molecular flexibility index (Phi) is 2.49. The highest BCUT2D eigenvalue weighted by Gasteiger charge is 2.67. The molecule has 0 saturated carbocycles. The van der Waals surface area contributed by atoms with E-state index in [1.807, 2.05) is 0 Å². The average Bonchev–Trinajstić information content (AvgIpc) is 2.78. The van der Waals surface area contributed by atoms with Crippen molar-refractivity contribution in [2.75, 3.05) is 20.3 Å². The molecule has 3 unspecified atom stereocenters. The van der Waals surface area contributed by atoms with E-state index in [9.17, 15) is 4.79 Å². The van der Waals surface area contributed by atoms with Crippen LogP contribution < -0.4 is 0 Å². The van der Waals surface area contributed by atoms with E-state index in [2.05, 4.69) is 11.7 Å². The highest BCUT2D eigenvalue weighted by molar-refractivity contribution is 5.79. The van der Waals surface area contributed by atoms with E-state index in [4.69, 9.17) is 9.47 Å². The second-order valence-electron chi connectivity index (χ2n) is 3.98. The van der Waals surface area contributed by atoms with Crippen LogP contribution in [0.15, 0.2) is 0 Å². The third-order valence-electron chi connectivity index (χ3n) is 3.11. The monoisotopic (exact) mass is 200 g/mol. The lowest BCUT2D eigenvalue weighted by atomic mass is 9.89. The number of rotatable bonds is 3. The van der Waals surface area contributed by atoms with Gasteiger partial charge in [-0.3, -0.25) is 0 Å². The normalized spacial score (nSPS) is 40.1. The molecule has 2 heterocycles. The number of carbonyl (C=O) groups is 1. The minimum absolute atomic E-state index is 0.267. The molecule has 0 radical (unpaired) electrons. The Morgan fingerprint density at radius 1 is 1.64 bits per heavy atom. The lowest BCUT2D eigenvalue weighted by Crippen LogP contribution is -2.29. The summed E-state index contributed by atoms with van der Waals surface area (Å²) in [4.78, 5) is 11.3. The molecule has 3 atom stereocenters. The molecule has 0 aromatic heterocycles. The van der Waals surface area contributed by atoms with Gasteiger partial charge in [0.2, 0.25) is 0 Å². The minimum atomic E-state index is -0.383. The number of carbonyl (C=O) groups excluding carboxylic acids is 1. The van der Waals surface area contributed by atoms with Gasteiger partial charge in [-0.1, -0.05) is 13.3 Å². The second kappa shape index (κ2) is 3.51. The molecule has 2 fully saturated rings. The van der Waals surface area contributed by atoms with Crippen molar-refractivity contribution in [3.8, 4) is 0 Å². The fourth-order valence-electron chi connectivity index (χ4n) is 2.26. The lowest BCUT2D eigenvalue weighted by Gasteiger charge is -2.11. The van der Waals surface area contributed by atoms with Crippen LogP contribution in [0.1, 0.15) is 19.8 Å². The first-order chi connectivity index (χ1) is 6.74. The lowest BCUT2D eigenvalue weighted by molar-refractivity contribution is -0.142. The number of epoxide rings is 1. The van der Waals surface area contributed by atoms with Gasteiger partial charge in [0, 0.05) is 5.92 Å². The summed E-state index contributed by atoms with van der Waals surface area (Å²) in [6.45, 7) is 3.38. The molecule has 0 amide bonds. The fourth-order valence-corrected chi connectivity index (χ4v) is 2.26. The van der Waals surface area contributed by atoms with Gasteiger partial charge < -0.3 is 14.2 Å². The first kappa shape index (κ1) is 9.93. The van der Waals surface area contributed by atoms with Gasteiger partial charge in [0.05, 0.1) is 20.3 Å². The van der Waals surface area contributed by atoms with E-state index in [1.165, 1.54) is 7.11 Å². The molecule has 4 nitrogen and oxygen atoms in total. The maximum atomic E-state index is 11.3. The first-order valence-electron chi connectivity index (χ1n) is 5.08. The summed E-state index contributed by atoms with van der Waals surface area (Å²) in [7, 11) is 1.39. The van der Waals surface area contributed by atoms with Gasteiger partial charge in [-0.05, 0) is 6.42 Å². The summed E-state index contributed by atoms with van der Waals surface area (Å²) in [5.41, 5.74) is -0.344. The highest BCUT2D eigenvalue weighted by Crippen LogP contribution is 2.49. The third-order valence-corrected chi connectivity index (χ3v) is 3.11. The van der Waals surface area contributed by atoms with Crippen molar-refractivity contribution >= 4 is 5.97 Å². The maximum absolute atomic E-state index is 11.3. The van der Waals surface area contributed by atoms with E-state index in [-0.39, 0.29) is 17.7 Å². The Hall–Kier alpha value is -0.610. The second-order valence-corrected chi connectivity index (χ2v) is 3.98. The van der Waals surface area contributed by atoms with Crippen molar-refractivity contribution in [2.45, 2.75) is 31.5 Å². The van der Waals surface area contributed by atoms with Crippen molar-refractivity contribution in [3.05, 3.63) is 0 Å². The minimum Gasteiger partial charge on any atom is -0.467 e. The standard InChI is InChI=1S/C10H16O4/c1-3-4-7-5-13-6-10(7)8(14-10)9(11)12-2/h7-8H,3-6H2,1-2H3. The van der Waals surface area contributed by atoms with Crippen LogP contribution in [0.5, 0.6) is 0 Å². The molecule has 0 bridgehead atoms. The molecule has 0 N–H and O–H groups in total. The Labute approximate surface area is 83.5 Å². The van der Waals surface area contributed by atoms with E-state index in [0.29, 0.717) is 19.1 Å². The number of hydrogen-bond donors (Lipinski definition) is 0. The third kappa shape index (κ3) is 1.33. The van der Waals surface area contributed by atoms with Gasteiger partial charge in [-0.15, -0.1) is 0 Å². The van der Waals surface area contributed by atoms with Crippen molar-refractivity contribution in [1.29, 1.82) is 0 Å². The average molecular weight is 200 g/mol. The summed E-state index contributed by atoms with van der Waals surface area (Å²) in [6.07, 6.45) is 1.76. The summed E-state index contributed by atoms with van der Waals surface area (Å²) in [5.74, 6) is 0.0909. The SMILES string of the molecule is CCCC1COCC12OC2C(=O)OC. The molecule has 2 saturated heterocycles. The number of esters is 1. The van der Waals surface area contributed by atoms with E-state index in [0.717, 1.165) is 12.8 Å². The zero-order valence-corrected chi connectivity index (χ0v) is 8.62. The fraction of sp³-hybridized carbons (Fsp3) is 0.900. The van der Waals surface area contributed by atoms with Gasteiger partial charge in [-0.2, -0.15) is 0 Å². The molecule has 2 aliphatic rings. The molecular formula is C10H16O4. The van der Waals surface area contributed by atoms with Crippen LogP contribution in [0.3, 0.4) is 0 Å². The predicted molar refractivity (Wildman–Crippen MR) is 48.8 cm³/mol. The zero-order valence-electron chi connectivity index (χ0n) is 8.62. The number of hydrogen-bond acceptors (Lipinski definition) is 4. The predicted octanol–water partition coefficient (Wildman–Crippen LogP) is 0.744.